The fourth-order valence-electron chi connectivity index (χ4n) is 18.2. The normalized spacial score (nSPS) is 16.7. The number of alkyl halides is 30. The Morgan fingerprint density at radius 3 is 0.488 bits per heavy atom. The molecule has 0 saturated heterocycles. The summed E-state index contributed by atoms with van der Waals surface area (Å²) in [5, 5.41) is 0. The highest BCUT2D eigenvalue weighted by molar-refractivity contribution is 4.98. The first-order valence-corrected chi connectivity index (χ1v) is 47.7. The first-order chi connectivity index (χ1) is 57.0. The van der Waals surface area contributed by atoms with Gasteiger partial charge in [-0.05, 0) is 167 Å². The van der Waals surface area contributed by atoms with Crippen LogP contribution in [0, 0.1) is 118 Å². The van der Waals surface area contributed by atoms with Crippen molar-refractivity contribution >= 4 is 0 Å². The summed E-state index contributed by atoms with van der Waals surface area (Å²) in [4.78, 5) is 0. The van der Waals surface area contributed by atoms with Gasteiger partial charge < -0.3 is 0 Å². The molecular weight excluding hydrogens is 1760 g/mol. The van der Waals surface area contributed by atoms with E-state index >= 15 is 0 Å². The van der Waals surface area contributed by atoms with Gasteiger partial charge in [0.25, 0.3) is 0 Å². The number of hydrogen-bond acceptors (Lipinski definition) is 0. The van der Waals surface area contributed by atoms with Crippen molar-refractivity contribution in [3.05, 3.63) is 0 Å². The molecule has 129 heavy (non-hydrogen) atoms. The van der Waals surface area contributed by atoms with Crippen molar-refractivity contribution in [2.75, 3.05) is 0 Å². The van der Waals surface area contributed by atoms with Crippen LogP contribution in [0.25, 0.3) is 0 Å². The van der Waals surface area contributed by atoms with Gasteiger partial charge in [0, 0.05) is 0 Å². The lowest BCUT2D eigenvalue weighted by Crippen LogP contribution is -2.48. The van der Waals surface area contributed by atoms with Crippen molar-refractivity contribution in [2.45, 2.75) is 520 Å². The second-order valence-corrected chi connectivity index (χ2v) is 40.7. The minimum atomic E-state index is -4.12. The van der Waals surface area contributed by atoms with Gasteiger partial charge in [0.15, 0.2) is 0 Å². The van der Waals surface area contributed by atoms with Crippen LogP contribution in [-0.2, 0) is 0 Å². The lowest BCUT2D eigenvalue weighted by Gasteiger charge is -2.47. The minimum absolute atomic E-state index is 0.0478. The van der Waals surface area contributed by atoms with Crippen LogP contribution >= 0.6 is 0 Å². The van der Waals surface area contributed by atoms with Crippen molar-refractivity contribution in [3.63, 3.8) is 0 Å². The average Bonchev–Trinajstić information content (AvgIpc) is 0.742. The Labute approximate surface area is 767 Å². The zero-order valence-electron chi connectivity index (χ0n) is 88.2. The number of halogens is 30. The maximum Gasteiger partial charge on any atom is 0.394 e. The van der Waals surface area contributed by atoms with E-state index in [9.17, 15) is 132 Å². The molecule has 0 bridgehead atoms. The molecule has 0 aromatic rings. The zero-order valence-corrected chi connectivity index (χ0v) is 88.2. The minimum Gasteiger partial charge on any atom is -0.171 e. The third kappa shape index (κ3) is 42.6. The Morgan fingerprint density at radius 2 is 0.388 bits per heavy atom. The smallest absolute Gasteiger partial charge is 0.171 e. The summed E-state index contributed by atoms with van der Waals surface area (Å²) >= 11 is 0. The molecule has 0 saturated carbocycles. The van der Waals surface area contributed by atoms with Gasteiger partial charge in [0.05, 0.1) is 54.1 Å². The van der Waals surface area contributed by atoms with E-state index < -0.39 is 127 Å². The Balaban J connectivity index is -0.000000153. The van der Waals surface area contributed by atoms with Crippen LogP contribution in [0.15, 0.2) is 0 Å². The van der Waals surface area contributed by atoms with Gasteiger partial charge in [-0.15, -0.1) is 0 Å². The van der Waals surface area contributed by atoms with Gasteiger partial charge in [-0.1, -0.05) is 356 Å². The van der Waals surface area contributed by atoms with Gasteiger partial charge in [-0.2, -0.15) is 132 Å². The topological polar surface area (TPSA) is 0 Å². The summed E-state index contributed by atoms with van der Waals surface area (Å²) in [5.41, 5.74) is -16.5. The van der Waals surface area contributed by atoms with Crippen LogP contribution < -0.4 is 0 Å². The third-order valence-electron chi connectivity index (χ3n) is 31.1. The zero-order chi connectivity index (χ0) is 107. The fraction of sp³-hybridized carbons (Fsp3) is 1.00. The first kappa shape index (κ1) is 147. The molecule has 0 amide bonds. The van der Waals surface area contributed by atoms with E-state index in [1.165, 1.54) is 76.2 Å². The van der Waals surface area contributed by atoms with Crippen LogP contribution in [0.4, 0.5) is 132 Å². The lowest BCUT2D eigenvalue weighted by molar-refractivity contribution is -0.261. The highest BCUT2D eigenvalue weighted by Crippen LogP contribution is 2.60. The van der Waals surface area contributed by atoms with Crippen LogP contribution in [-0.4, -0.2) is 61.8 Å². The monoisotopic (exact) mass is 1950 g/mol. The SMILES string of the molecule is CC(C)C(C(C)C)C(C)(C)C(F)(F)F.CCC(C)(C(C(C)C)C(C)C)C(F)(F)F.CCC(C)(C(C)C)C(F)(F)F.CCC(C)(CC)C(C)(CC)C(F)(F)F.CCC(C)(CC)C(F)(F)F.CCC(CC)C(C)(CC)C(F)(F)F.CCCC(C)(C(CC)CC)C(F)(F)F.CCCC(C)(C(F)(F)F)C(C)(CC)CC.CCCC(C)(CC)C(F)(F)F.CCCC(C)(CCC)C(F)(F)F. The second kappa shape index (κ2) is 59.4. The molecule has 0 radical (unpaired) electrons. The summed E-state index contributed by atoms with van der Waals surface area (Å²) in [6.45, 7) is 71.1. The summed E-state index contributed by atoms with van der Waals surface area (Å²) in [6.07, 6.45) is -30.9. The molecular formula is C99H188F30. The molecule has 7 atom stereocenters. The van der Waals surface area contributed by atoms with E-state index in [2.05, 4.69) is 0 Å². The molecule has 7 unspecified atom stereocenters. The molecule has 0 heterocycles. The third-order valence-corrected chi connectivity index (χ3v) is 31.1. The predicted molar refractivity (Wildman–Crippen MR) is 481 cm³/mol. The van der Waals surface area contributed by atoms with E-state index in [1.54, 1.807) is 96.9 Å². The molecule has 0 aliphatic heterocycles. The van der Waals surface area contributed by atoms with E-state index in [0.29, 0.717) is 83.5 Å². The average molecular weight is 1950 g/mol. The number of rotatable bonds is 36. The summed E-state index contributed by atoms with van der Waals surface area (Å²) < 4.78 is 381. The molecule has 0 spiro atoms. The van der Waals surface area contributed by atoms with Crippen molar-refractivity contribution < 1.29 is 132 Å². The second-order valence-electron chi connectivity index (χ2n) is 40.7. The standard InChI is InChI=1S/2C12H23F3.3C11H21F3.C10H19F3.C9H17F3.2C8H15F3.C7H13F3/c1-7-11(6,12(13,14)15)10(8(2)3)9(4)5;1-6-9-11(5,12(13,14)15)10(4,7-2)8-3;1-7(2)9(8(3)4)10(5,6)11(12,13)14;1-6-9(4,7-2)10(5,8-3)11(12,13)14;1-5-8-10(4,11(12,13)14)9(6-2)7-3;1-5-8(6-2)9(4,7-3)10(11,12)13;1-4-6-8(3,7-5-2)9(10,11)12;1-5-7(4,6(2)3)8(9,10)11;1-4-6-7(3,5-2)8(9,10)11;1-4-6(3,5-2)7(8,9)10/h8-10H,7H2,1-6H3;6-9H2,1-5H3;7-9H,1-6H3;6-8H2,1-5H3;9H,5-8H2,1-4H3;8H,5-7H2,1-4H3;4-7H2,1-3H3;6H,5H2,1-4H3;4-6H2,1-3H3;4-5H2,1-3H3. The van der Waals surface area contributed by atoms with Gasteiger partial charge in [-0.25, -0.2) is 0 Å². The molecule has 0 aromatic heterocycles. The van der Waals surface area contributed by atoms with E-state index in [1.807, 2.05) is 125 Å². The molecule has 0 aromatic carbocycles. The Morgan fingerprint density at radius 1 is 0.171 bits per heavy atom. The van der Waals surface area contributed by atoms with E-state index in [4.69, 9.17) is 0 Å². The summed E-state index contributed by atoms with van der Waals surface area (Å²) in [5.74, 6) is -1.30. The summed E-state index contributed by atoms with van der Waals surface area (Å²) in [6, 6.07) is 0. The highest BCUT2D eigenvalue weighted by Gasteiger charge is 2.63. The Hall–Kier alpha value is -2.10. The van der Waals surface area contributed by atoms with Crippen molar-refractivity contribution in [1.29, 1.82) is 0 Å². The lowest BCUT2D eigenvalue weighted by atomic mass is 9.60. The largest absolute Gasteiger partial charge is 0.394 e. The van der Waals surface area contributed by atoms with Crippen molar-refractivity contribution in [3.8, 4) is 0 Å². The fourth-order valence-corrected chi connectivity index (χ4v) is 18.2. The molecule has 0 fully saturated rings. The molecule has 794 valence electrons. The van der Waals surface area contributed by atoms with Crippen LogP contribution in [0.5, 0.6) is 0 Å². The quantitative estimate of drug-likeness (QED) is 0.0549. The van der Waals surface area contributed by atoms with Gasteiger partial charge in [-0.3, -0.25) is 0 Å². The Kier molecular flexibility index (Phi) is 67.7. The molecule has 30 heteroatoms. The molecule has 0 aliphatic carbocycles. The van der Waals surface area contributed by atoms with Crippen LogP contribution in [0.2, 0.25) is 0 Å². The van der Waals surface area contributed by atoms with Crippen LogP contribution in [0.3, 0.4) is 0 Å². The van der Waals surface area contributed by atoms with Gasteiger partial charge >= 0.3 is 61.8 Å². The molecule has 0 N–H and O–H groups in total. The predicted octanol–water partition coefficient (Wildman–Crippen LogP) is 43.5. The molecule has 0 rings (SSSR count). The molecule has 0 nitrogen and oxygen atoms in total. The van der Waals surface area contributed by atoms with Gasteiger partial charge in [0.2, 0.25) is 0 Å². The molecule has 0 aliphatic rings. The Bertz CT molecular complexity index is 2710. The first-order valence-electron chi connectivity index (χ1n) is 47.7. The van der Waals surface area contributed by atoms with Crippen molar-refractivity contribution in [2.24, 2.45) is 118 Å². The van der Waals surface area contributed by atoms with Gasteiger partial charge in [0.1, 0.15) is 0 Å². The number of hydrogen-bond donors (Lipinski definition) is 0. The van der Waals surface area contributed by atoms with E-state index in [-0.39, 0.29) is 130 Å². The summed E-state index contributed by atoms with van der Waals surface area (Å²) in [7, 11) is 0. The van der Waals surface area contributed by atoms with E-state index in [0.717, 1.165) is 0 Å². The maximum absolute atomic E-state index is 13.2. The van der Waals surface area contributed by atoms with Crippen LogP contribution in [0.1, 0.15) is 458 Å². The highest BCUT2D eigenvalue weighted by atomic mass is 19.4. The maximum atomic E-state index is 13.2. The van der Waals surface area contributed by atoms with Crippen molar-refractivity contribution in [1.82, 2.24) is 0 Å².